The van der Waals surface area contributed by atoms with Gasteiger partial charge in [-0.25, -0.2) is 4.79 Å². The highest BCUT2D eigenvalue weighted by atomic mass is 32.2. The summed E-state index contributed by atoms with van der Waals surface area (Å²) in [6.45, 7) is 1.68. The first-order valence-corrected chi connectivity index (χ1v) is 6.60. The quantitative estimate of drug-likeness (QED) is 0.798. The Balaban J connectivity index is 2.57. The van der Waals surface area contributed by atoms with E-state index < -0.39 is 5.97 Å². The molecule has 0 aliphatic rings. The molecule has 90 valence electrons. The summed E-state index contributed by atoms with van der Waals surface area (Å²) in [6, 6.07) is 3.55. The molecule has 0 aliphatic heterocycles. The smallest absolute Gasteiger partial charge is 0.346 e. The van der Waals surface area contributed by atoms with Crippen molar-refractivity contribution >= 4 is 40.0 Å². The summed E-state index contributed by atoms with van der Waals surface area (Å²) in [5.41, 5.74) is 0.627. The monoisotopic (exact) mass is 270 g/mol. The Hall–Kier alpha value is -1.52. The van der Waals surface area contributed by atoms with Gasteiger partial charge in [0, 0.05) is 0 Å². The average molecular weight is 270 g/mol. The van der Waals surface area contributed by atoms with Gasteiger partial charge in [0.1, 0.15) is 4.88 Å². The fourth-order valence-corrected chi connectivity index (χ4v) is 2.50. The van der Waals surface area contributed by atoms with Crippen LogP contribution in [0.3, 0.4) is 0 Å². The van der Waals surface area contributed by atoms with Crippen LogP contribution in [0.2, 0.25) is 0 Å². The maximum atomic E-state index is 11.4. The number of carboxylic acids is 1. The number of nitriles is 1. The molecule has 0 saturated heterocycles. The molecule has 0 atom stereocenters. The van der Waals surface area contributed by atoms with E-state index in [0.717, 1.165) is 11.3 Å². The second-order valence-corrected chi connectivity index (χ2v) is 5.16. The predicted molar refractivity (Wildman–Crippen MR) is 67.6 cm³/mol. The van der Waals surface area contributed by atoms with Crippen LogP contribution in [-0.4, -0.2) is 28.5 Å². The predicted octanol–water partition coefficient (Wildman–Crippen LogP) is 1.95. The molecule has 0 unspecified atom stereocenters. The summed E-state index contributed by atoms with van der Waals surface area (Å²) in [7, 11) is 0. The maximum Gasteiger partial charge on any atom is 0.346 e. The van der Waals surface area contributed by atoms with Gasteiger partial charge in [-0.3, -0.25) is 4.79 Å². The Morgan fingerprint density at radius 2 is 2.35 bits per heavy atom. The van der Waals surface area contributed by atoms with Crippen molar-refractivity contribution in [2.75, 3.05) is 16.8 Å². The van der Waals surface area contributed by atoms with Crippen LogP contribution in [0.25, 0.3) is 0 Å². The molecule has 5 nitrogen and oxygen atoms in total. The molecule has 0 radical (unpaired) electrons. The SMILES string of the molecule is Cc1cc(NC(=O)CSCC#N)sc1C(=O)O. The van der Waals surface area contributed by atoms with Gasteiger partial charge in [0.05, 0.1) is 22.6 Å². The van der Waals surface area contributed by atoms with Crippen molar-refractivity contribution < 1.29 is 14.7 Å². The molecule has 0 fully saturated rings. The number of anilines is 1. The van der Waals surface area contributed by atoms with E-state index in [4.69, 9.17) is 10.4 Å². The van der Waals surface area contributed by atoms with Crippen LogP contribution in [0.15, 0.2) is 6.07 Å². The van der Waals surface area contributed by atoms with Crippen molar-refractivity contribution in [1.29, 1.82) is 5.26 Å². The minimum atomic E-state index is -0.994. The average Bonchev–Trinajstić information content (AvgIpc) is 2.60. The van der Waals surface area contributed by atoms with Gasteiger partial charge in [0.2, 0.25) is 5.91 Å². The van der Waals surface area contributed by atoms with Crippen molar-refractivity contribution in [1.82, 2.24) is 0 Å². The minimum Gasteiger partial charge on any atom is -0.477 e. The Kier molecular flexibility index (Phi) is 5.00. The molecule has 0 bridgehead atoms. The lowest BCUT2D eigenvalue weighted by atomic mass is 10.3. The second-order valence-electron chi connectivity index (χ2n) is 3.13. The lowest BCUT2D eigenvalue weighted by Gasteiger charge is -1.99. The van der Waals surface area contributed by atoms with Gasteiger partial charge >= 0.3 is 5.97 Å². The first kappa shape index (κ1) is 13.5. The molecule has 0 aliphatic carbocycles. The fourth-order valence-electron chi connectivity index (χ4n) is 1.12. The van der Waals surface area contributed by atoms with E-state index in [-0.39, 0.29) is 22.3 Å². The standard InChI is InChI=1S/C10H10N2O3S2/c1-6-4-8(17-9(6)10(14)15)12-7(13)5-16-3-2-11/h4H,3,5H2,1H3,(H,12,13)(H,14,15). The van der Waals surface area contributed by atoms with E-state index in [2.05, 4.69) is 5.32 Å². The van der Waals surface area contributed by atoms with Crippen LogP contribution >= 0.6 is 23.1 Å². The van der Waals surface area contributed by atoms with Crippen LogP contribution in [-0.2, 0) is 4.79 Å². The van der Waals surface area contributed by atoms with Crippen molar-refractivity contribution in [3.63, 3.8) is 0 Å². The van der Waals surface area contributed by atoms with Gasteiger partial charge in [0.15, 0.2) is 0 Å². The number of carboxylic acid groups (broad SMARTS) is 1. The summed E-state index contributed by atoms with van der Waals surface area (Å²) >= 11 is 2.24. The van der Waals surface area contributed by atoms with Crippen molar-refractivity contribution in [2.45, 2.75) is 6.92 Å². The zero-order chi connectivity index (χ0) is 12.8. The number of thiophene rings is 1. The molecule has 17 heavy (non-hydrogen) atoms. The van der Waals surface area contributed by atoms with E-state index >= 15 is 0 Å². The topological polar surface area (TPSA) is 90.2 Å². The van der Waals surface area contributed by atoms with Crippen LogP contribution < -0.4 is 5.32 Å². The zero-order valence-corrected chi connectivity index (χ0v) is 10.7. The third kappa shape index (κ3) is 4.09. The van der Waals surface area contributed by atoms with Crippen molar-refractivity contribution in [3.8, 4) is 6.07 Å². The van der Waals surface area contributed by atoms with Gasteiger partial charge in [-0.15, -0.1) is 23.1 Å². The maximum absolute atomic E-state index is 11.4. The largest absolute Gasteiger partial charge is 0.477 e. The third-order valence-electron chi connectivity index (χ3n) is 1.77. The molecular formula is C10H10N2O3S2. The van der Waals surface area contributed by atoms with Crippen LogP contribution in [0.5, 0.6) is 0 Å². The van der Waals surface area contributed by atoms with Gasteiger partial charge in [-0.05, 0) is 18.6 Å². The van der Waals surface area contributed by atoms with Gasteiger partial charge in [-0.2, -0.15) is 5.26 Å². The Morgan fingerprint density at radius 1 is 1.65 bits per heavy atom. The molecule has 0 spiro atoms. The highest BCUT2D eigenvalue weighted by Crippen LogP contribution is 2.26. The highest BCUT2D eigenvalue weighted by Gasteiger charge is 2.13. The summed E-state index contributed by atoms with van der Waals surface area (Å²) in [4.78, 5) is 22.4. The molecular weight excluding hydrogens is 260 g/mol. The summed E-state index contributed by atoms with van der Waals surface area (Å²) in [6.07, 6.45) is 0. The van der Waals surface area contributed by atoms with Gasteiger partial charge in [0.25, 0.3) is 0 Å². The number of aromatic carboxylic acids is 1. The van der Waals surface area contributed by atoms with Crippen LogP contribution in [0.1, 0.15) is 15.2 Å². The normalized spacial score (nSPS) is 9.65. The molecule has 2 N–H and O–H groups in total. The number of nitrogens with zero attached hydrogens (tertiary/aromatic N) is 1. The van der Waals surface area contributed by atoms with E-state index in [1.807, 2.05) is 6.07 Å². The number of carbonyl (C=O) groups is 2. The number of thioether (sulfide) groups is 1. The van der Waals surface area contributed by atoms with E-state index in [9.17, 15) is 9.59 Å². The molecule has 1 aromatic rings. The Morgan fingerprint density at radius 3 is 2.88 bits per heavy atom. The highest BCUT2D eigenvalue weighted by molar-refractivity contribution is 8.00. The minimum absolute atomic E-state index is 0.187. The molecule has 0 saturated carbocycles. The number of rotatable bonds is 5. The third-order valence-corrected chi connectivity index (χ3v) is 3.71. The summed E-state index contributed by atoms with van der Waals surface area (Å²) in [5.74, 6) is -0.778. The number of hydrogen-bond acceptors (Lipinski definition) is 5. The second kappa shape index (κ2) is 6.27. The molecule has 1 rings (SSSR count). The number of hydrogen-bond donors (Lipinski definition) is 2. The first-order chi connectivity index (χ1) is 8.04. The molecule has 1 amide bonds. The first-order valence-electron chi connectivity index (χ1n) is 4.63. The number of nitrogens with one attached hydrogen (secondary N) is 1. The molecule has 0 aromatic carbocycles. The lowest BCUT2D eigenvalue weighted by Crippen LogP contribution is -2.13. The van der Waals surface area contributed by atoms with E-state index in [1.165, 1.54) is 11.8 Å². The van der Waals surface area contributed by atoms with Crippen LogP contribution in [0, 0.1) is 18.3 Å². The van der Waals surface area contributed by atoms with Crippen molar-refractivity contribution in [3.05, 3.63) is 16.5 Å². The number of carbonyl (C=O) groups excluding carboxylic acids is 1. The molecule has 1 aromatic heterocycles. The Labute approximate surface area is 106 Å². The van der Waals surface area contributed by atoms with E-state index in [1.54, 1.807) is 13.0 Å². The summed E-state index contributed by atoms with van der Waals surface area (Å²) in [5, 5.41) is 20.3. The number of aryl methyl sites for hydroxylation is 1. The van der Waals surface area contributed by atoms with Gasteiger partial charge < -0.3 is 10.4 Å². The fraction of sp³-hybridized carbons (Fsp3) is 0.300. The van der Waals surface area contributed by atoms with Crippen LogP contribution in [0.4, 0.5) is 5.00 Å². The number of amides is 1. The molecule has 1 heterocycles. The lowest BCUT2D eigenvalue weighted by molar-refractivity contribution is -0.113. The Bertz CT molecular complexity index is 476. The van der Waals surface area contributed by atoms with Gasteiger partial charge in [-0.1, -0.05) is 0 Å². The summed E-state index contributed by atoms with van der Waals surface area (Å²) < 4.78 is 0. The van der Waals surface area contributed by atoms with E-state index in [0.29, 0.717) is 10.6 Å². The molecule has 7 heteroatoms. The zero-order valence-electron chi connectivity index (χ0n) is 9.02. The van der Waals surface area contributed by atoms with Crippen molar-refractivity contribution in [2.24, 2.45) is 0 Å².